The van der Waals surface area contributed by atoms with Crippen LogP contribution in [0.15, 0.2) is 76.0 Å². The van der Waals surface area contributed by atoms with E-state index in [0.717, 1.165) is 17.1 Å². The number of rotatable bonds is 7. The number of thiophene rings is 1. The predicted octanol–water partition coefficient (Wildman–Crippen LogP) is 5.27. The summed E-state index contributed by atoms with van der Waals surface area (Å²) in [4.78, 5) is 32.7. The summed E-state index contributed by atoms with van der Waals surface area (Å²) in [5.74, 6) is 0.161. The van der Waals surface area contributed by atoms with Crippen LogP contribution in [-0.4, -0.2) is 27.3 Å². The van der Waals surface area contributed by atoms with Gasteiger partial charge < -0.3 is 10.2 Å². The molecule has 6 nitrogen and oxygen atoms in total. The second kappa shape index (κ2) is 9.58. The standard InChI is InChI=1S/C24H24N4O2S2/c1-16(2)28(19-11-9-18(10-12-19)25-17-7-5-4-6-8-17)21(29)15-32-24-26-22-20(13-14-31-22)23(30)27(24)3/h4-14,16,25H,15H2,1-3H3. The first-order chi connectivity index (χ1) is 15.4. The van der Waals surface area contributed by atoms with E-state index in [2.05, 4.69) is 10.3 Å². The largest absolute Gasteiger partial charge is 0.356 e. The Bertz CT molecular complexity index is 1280. The third-order valence-electron chi connectivity index (χ3n) is 4.98. The molecule has 2 aromatic carbocycles. The van der Waals surface area contributed by atoms with Crippen LogP contribution in [0.4, 0.5) is 17.1 Å². The van der Waals surface area contributed by atoms with Gasteiger partial charge in [-0.05, 0) is 61.7 Å². The number of nitrogens with one attached hydrogen (secondary N) is 1. The minimum absolute atomic E-state index is 0.00686. The molecule has 1 amide bonds. The highest BCUT2D eigenvalue weighted by Gasteiger charge is 2.20. The van der Waals surface area contributed by atoms with Crippen molar-refractivity contribution in [2.24, 2.45) is 7.05 Å². The molecular formula is C24H24N4O2S2. The third-order valence-corrected chi connectivity index (χ3v) is 6.80. The van der Waals surface area contributed by atoms with Crippen molar-refractivity contribution >= 4 is 56.3 Å². The number of anilines is 3. The molecule has 0 saturated carbocycles. The maximum absolute atomic E-state index is 13.1. The van der Waals surface area contributed by atoms with Crippen molar-refractivity contribution < 1.29 is 4.79 Å². The zero-order valence-electron chi connectivity index (χ0n) is 18.1. The minimum atomic E-state index is -0.0894. The molecule has 0 saturated heterocycles. The first kappa shape index (κ1) is 22.1. The fraction of sp³-hybridized carbons (Fsp3) is 0.208. The lowest BCUT2D eigenvalue weighted by Crippen LogP contribution is -2.38. The Kier molecular flexibility index (Phi) is 6.62. The topological polar surface area (TPSA) is 67.2 Å². The first-order valence-electron chi connectivity index (χ1n) is 10.3. The van der Waals surface area contributed by atoms with Gasteiger partial charge in [0.1, 0.15) is 4.83 Å². The van der Waals surface area contributed by atoms with E-state index in [4.69, 9.17) is 0 Å². The van der Waals surface area contributed by atoms with Gasteiger partial charge in [0.15, 0.2) is 5.16 Å². The van der Waals surface area contributed by atoms with E-state index in [0.29, 0.717) is 15.4 Å². The van der Waals surface area contributed by atoms with Gasteiger partial charge in [0, 0.05) is 30.2 Å². The summed E-state index contributed by atoms with van der Waals surface area (Å²) in [6, 6.07) is 19.5. The lowest BCUT2D eigenvalue weighted by Gasteiger charge is -2.27. The number of amides is 1. The molecule has 0 aliphatic heterocycles. The Morgan fingerprint density at radius 1 is 1.09 bits per heavy atom. The molecule has 4 aromatic rings. The average Bonchev–Trinajstić information content (AvgIpc) is 3.26. The summed E-state index contributed by atoms with van der Waals surface area (Å²) >= 11 is 2.72. The number of thioether (sulfide) groups is 1. The smallest absolute Gasteiger partial charge is 0.262 e. The summed E-state index contributed by atoms with van der Waals surface area (Å²) < 4.78 is 1.51. The van der Waals surface area contributed by atoms with E-state index < -0.39 is 0 Å². The summed E-state index contributed by atoms with van der Waals surface area (Å²) in [7, 11) is 1.69. The van der Waals surface area contributed by atoms with Crippen molar-refractivity contribution in [1.29, 1.82) is 0 Å². The van der Waals surface area contributed by atoms with Crippen LogP contribution >= 0.6 is 23.1 Å². The number of carbonyl (C=O) groups excluding carboxylic acids is 1. The maximum atomic E-state index is 13.1. The highest BCUT2D eigenvalue weighted by molar-refractivity contribution is 7.99. The van der Waals surface area contributed by atoms with Gasteiger partial charge >= 0.3 is 0 Å². The van der Waals surface area contributed by atoms with Gasteiger partial charge in [-0.3, -0.25) is 14.2 Å². The molecule has 8 heteroatoms. The molecular weight excluding hydrogens is 440 g/mol. The molecule has 32 heavy (non-hydrogen) atoms. The Morgan fingerprint density at radius 2 is 1.78 bits per heavy atom. The number of benzene rings is 2. The monoisotopic (exact) mass is 464 g/mol. The molecule has 2 aromatic heterocycles. The van der Waals surface area contributed by atoms with Crippen LogP contribution in [0, 0.1) is 0 Å². The second-order valence-corrected chi connectivity index (χ2v) is 9.42. The molecule has 0 spiro atoms. The number of nitrogens with zero attached hydrogens (tertiary/aromatic N) is 3. The lowest BCUT2D eigenvalue weighted by atomic mass is 10.2. The quantitative estimate of drug-likeness (QED) is 0.298. The van der Waals surface area contributed by atoms with Crippen LogP contribution < -0.4 is 15.8 Å². The van der Waals surface area contributed by atoms with Gasteiger partial charge in [0.05, 0.1) is 11.1 Å². The number of carbonyl (C=O) groups is 1. The molecule has 0 aliphatic rings. The average molecular weight is 465 g/mol. The third kappa shape index (κ3) is 4.71. The Balaban J connectivity index is 1.48. The van der Waals surface area contributed by atoms with Crippen molar-refractivity contribution in [3.8, 4) is 0 Å². The normalized spacial score (nSPS) is 11.1. The predicted molar refractivity (Wildman–Crippen MR) is 134 cm³/mol. The zero-order chi connectivity index (χ0) is 22.7. The van der Waals surface area contributed by atoms with Gasteiger partial charge in [-0.15, -0.1) is 11.3 Å². The first-order valence-corrected chi connectivity index (χ1v) is 12.1. The molecule has 0 atom stereocenters. The SMILES string of the molecule is CC(C)N(C(=O)CSc1nc2sccc2c(=O)n1C)c1ccc(Nc2ccccc2)cc1. The highest BCUT2D eigenvalue weighted by atomic mass is 32.2. The van der Waals surface area contributed by atoms with Crippen LogP contribution in [0.3, 0.4) is 0 Å². The van der Waals surface area contributed by atoms with Gasteiger partial charge in [0.25, 0.3) is 5.56 Å². The summed E-state index contributed by atoms with van der Waals surface area (Å²) in [6.45, 7) is 3.98. The Morgan fingerprint density at radius 3 is 2.47 bits per heavy atom. The zero-order valence-corrected chi connectivity index (χ0v) is 19.7. The molecule has 4 rings (SSSR count). The molecule has 2 heterocycles. The molecule has 0 bridgehead atoms. The molecule has 0 radical (unpaired) electrons. The van der Waals surface area contributed by atoms with Gasteiger partial charge in [-0.25, -0.2) is 4.98 Å². The minimum Gasteiger partial charge on any atom is -0.356 e. The number of fused-ring (bicyclic) bond motifs is 1. The fourth-order valence-electron chi connectivity index (χ4n) is 3.43. The number of hydrogen-bond donors (Lipinski definition) is 1. The Labute approximate surface area is 194 Å². The van der Waals surface area contributed by atoms with Gasteiger partial charge in [-0.1, -0.05) is 30.0 Å². The van der Waals surface area contributed by atoms with Crippen LogP contribution in [0.1, 0.15) is 13.8 Å². The van der Waals surface area contributed by atoms with Gasteiger partial charge in [0.2, 0.25) is 5.91 Å². The number of aromatic nitrogens is 2. The molecule has 0 unspecified atom stereocenters. The highest BCUT2D eigenvalue weighted by Crippen LogP contribution is 2.25. The van der Waals surface area contributed by atoms with Crippen molar-refractivity contribution in [2.45, 2.75) is 25.0 Å². The van der Waals surface area contributed by atoms with Crippen molar-refractivity contribution in [1.82, 2.24) is 9.55 Å². The molecule has 1 N–H and O–H groups in total. The van der Waals surface area contributed by atoms with Crippen LogP contribution in [-0.2, 0) is 11.8 Å². The molecule has 0 aliphatic carbocycles. The van der Waals surface area contributed by atoms with Crippen LogP contribution in [0.25, 0.3) is 10.2 Å². The summed E-state index contributed by atoms with van der Waals surface area (Å²) in [6.07, 6.45) is 0. The van der Waals surface area contributed by atoms with E-state index in [1.165, 1.54) is 27.7 Å². The molecule has 164 valence electrons. The number of hydrogen-bond acceptors (Lipinski definition) is 6. The van der Waals surface area contributed by atoms with Crippen molar-refractivity contribution in [2.75, 3.05) is 16.0 Å². The van der Waals surface area contributed by atoms with Crippen LogP contribution in [0.2, 0.25) is 0 Å². The van der Waals surface area contributed by atoms with Crippen molar-refractivity contribution in [3.05, 3.63) is 76.4 Å². The van der Waals surface area contributed by atoms with E-state index in [-0.39, 0.29) is 23.3 Å². The second-order valence-electron chi connectivity index (χ2n) is 7.58. The van der Waals surface area contributed by atoms with E-state index in [1.54, 1.807) is 18.0 Å². The number of para-hydroxylation sites is 1. The lowest BCUT2D eigenvalue weighted by molar-refractivity contribution is -0.116. The summed E-state index contributed by atoms with van der Waals surface area (Å²) in [5.41, 5.74) is 2.70. The molecule has 0 fully saturated rings. The van der Waals surface area contributed by atoms with E-state index in [9.17, 15) is 9.59 Å². The summed E-state index contributed by atoms with van der Waals surface area (Å²) in [5, 5.41) is 6.37. The Hall–Kier alpha value is -3.10. The fourth-order valence-corrected chi connectivity index (χ4v) is 5.06. The van der Waals surface area contributed by atoms with Crippen molar-refractivity contribution in [3.63, 3.8) is 0 Å². The van der Waals surface area contributed by atoms with E-state index in [1.807, 2.05) is 73.8 Å². The van der Waals surface area contributed by atoms with E-state index >= 15 is 0 Å². The van der Waals surface area contributed by atoms with Crippen LogP contribution in [0.5, 0.6) is 0 Å². The maximum Gasteiger partial charge on any atom is 0.262 e. The van der Waals surface area contributed by atoms with Gasteiger partial charge in [-0.2, -0.15) is 0 Å².